The first-order valence-corrected chi connectivity index (χ1v) is 7.01. The van der Waals surface area contributed by atoms with E-state index in [2.05, 4.69) is 20.2 Å². The number of sulfonamides is 1. The largest absolute Gasteiger partial charge is 0.354 e. The second-order valence-electron chi connectivity index (χ2n) is 3.85. The van der Waals surface area contributed by atoms with E-state index in [1.807, 2.05) is 0 Å². The molecule has 1 aromatic rings. The Kier molecular flexibility index (Phi) is 5.02. The van der Waals surface area contributed by atoms with Crippen molar-refractivity contribution in [1.29, 1.82) is 5.26 Å². The second kappa shape index (κ2) is 6.31. The van der Waals surface area contributed by atoms with Crippen LogP contribution in [0.1, 0.15) is 17.8 Å². The summed E-state index contributed by atoms with van der Waals surface area (Å²) in [6.07, 6.45) is -0.243. The minimum atomic E-state index is -3.65. The average molecular weight is 285 g/mol. The fraction of sp³-hybridized carbons (Fsp3) is 0.500. The number of nitriles is 1. The van der Waals surface area contributed by atoms with Gasteiger partial charge in [0.1, 0.15) is 11.3 Å². The summed E-state index contributed by atoms with van der Waals surface area (Å²) in [5.74, 6) is -0.433. The molecule has 0 aliphatic heterocycles. The Morgan fingerprint density at radius 1 is 1.42 bits per heavy atom. The van der Waals surface area contributed by atoms with Crippen molar-refractivity contribution in [2.24, 2.45) is 0 Å². The number of carbonyl (C=O) groups excluding carboxylic acids is 1. The molecule has 0 aromatic carbocycles. The predicted molar refractivity (Wildman–Crippen MR) is 66.5 cm³/mol. The van der Waals surface area contributed by atoms with Gasteiger partial charge in [0.05, 0.1) is 17.5 Å². The van der Waals surface area contributed by atoms with Crippen LogP contribution in [0, 0.1) is 25.2 Å². The van der Waals surface area contributed by atoms with Crippen molar-refractivity contribution in [3.63, 3.8) is 0 Å². The van der Waals surface area contributed by atoms with E-state index in [1.54, 1.807) is 19.9 Å². The van der Waals surface area contributed by atoms with Crippen LogP contribution in [0.4, 0.5) is 0 Å². The molecule has 0 atom stereocenters. The van der Waals surface area contributed by atoms with Crippen molar-refractivity contribution in [2.45, 2.75) is 25.2 Å². The molecule has 0 aliphatic rings. The molecular weight excluding hydrogens is 270 g/mol. The van der Waals surface area contributed by atoms with Gasteiger partial charge in [-0.25, -0.2) is 13.1 Å². The van der Waals surface area contributed by atoms with Crippen molar-refractivity contribution in [2.75, 3.05) is 13.1 Å². The molecule has 0 saturated heterocycles. The molecule has 0 saturated carbocycles. The van der Waals surface area contributed by atoms with Crippen molar-refractivity contribution in [1.82, 2.24) is 20.2 Å². The lowest BCUT2D eigenvalue weighted by Gasteiger charge is -2.07. The Morgan fingerprint density at radius 2 is 2.11 bits per heavy atom. The molecule has 0 bridgehead atoms. The lowest BCUT2D eigenvalue weighted by molar-refractivity contribution is -0.120. The van der Waals surface area contributed by atoms with Gasteiger partial charge in [0.2, 0.25) is 15.9 Å². The Bertz CT molecular complexity index is 580. The number of aryl methyl sites for hydroxylation is 2. The summed E-state index contributed by atoms with van der Waals surface area (Å²) in [6.45, 7) is 3.37. The zero-order chi connectivity index (χ0) is 14.5. The summed E-state index contributed by atoms with van der Waals surface area (Å²) in [6, 6.07) is 1.70. The van der Waals surface area contributed by atoms with Crippen LogP contribution in [-0.2, 0) is 14.8 Å². The van der Waals surface area contributed by atoms with Gasteiger partial charge in [-0.2, -0.15) is 10.4 Å². The first kappa shape index (κ1) is 15.1. The summed E-state index contributed by atoms with van der Waals surface area (Å²) in [4.78, 5) is 11.1. The number of hydrogen-bond acceptors (Lipinski definition) is 5. The van der Waals surface area contributed by atoms with Crippen molar-refractivity contribution in [3.8, 4) is 6.07 Å². The van der Waals surface area contributed by atoms with Gasteiger partial charge in [0.15, 0.2) is 0 Å². The standard InChI is InChI=1S/C10H15N5O3S/c1-7-10(8(2)15-14-7)19(17,18)13-6-5-12-9(16)3-4-11/h13H,3,5-6H2,1-2H3,(H,12,16)(H,14,15). The summed E-state index contributed by atoms with van der Waals surface area (Å²) < 4.78 is 26.3. The third-order valence-corrected chi connectivity index (χ3v) is 4.03. The molecule has 1 rings (SSSR count). The number of nitrogens with one attached hydrogen (secondary N) is 3. The maximum absolute atomic E-state index is 12.0. The van der Waals surface area contributed by atoms with E-state index in [0.29, 0.717) is 11.4 Å². The fourth-order valence-corrected chi connectivity index (χ4v) is 2.93. The third-order valence-electron chi connectivity index (χ3n) is 2.31. The Morgan fingerprint density at radius 3 is 2.63 bits per heavy atom. The monoisotopic (exact) mass is 285 g/mol. The van der Waals surface area contributed by atoms with Gasteiger partial charge in [-0.3, -0.25) is 9.89 Å². The number of amides is 1. The van der Waals surface area contributed by atoms with Crippen LogP contribution in [0.5, 0.6) is 0 Å². The Hall–Kier alpha value is -1.92. The lowest BCUT2D eigenvalue weighted by atomic mass is 10.4. The highest BCUT2D eigenvalue weighted by Gasteiger charge is 2.21. The molecule has 3 N–H and O–H groups in total. The number of carbonyl (C=O) groups is 1. The van der Waals surface area contributed by atoms with Crippen LogP contribution < -0.4 is 10.0 Å². The molecule has 0 spiro atoms. The van der Waals surface area contributed by atoms with Crippen LogP contribution in [0.15, 0.2) is 4.90 Å². The van der Waals surface area contributed by atoms with Gasteiger partial charge < -0.3 is 5.32 Å². The molecule has 0 aliphatic carbocycles. The Balaban J connectivity index is 2.54. The van der Waals surface area contributed by atoms with Gasteiger partial charge >= 0.3 is 0 Å². The SMILES string of the molecule is Cc1n[nH]c(C)c1S(=O)(=O)NCCNC(=O)CC#N. The van der Waals surface area contributed by atoms with Crippen LogP contribution in [0.2, 0.25) is 0 Å². The molecule has 1 amide bonds. The van der Waals surface area contributed by atoms with E-state index < -0.39 is 15.9 Å². The van der Waals surface area contributed by atoms with Crippen LogP contribution in [0.3, 0.4) is 0 Å². The first-order chi connectivity index (χ1) is 8.88. The minimum absolute atomic E-state index is 0.0452. The van der Waals surface area contributed by atoms with Gasteiger partial charge in [-0.1, -0.05) is 0 Å². The van der Waals surface area contributed by atoms with Gasteiger partial charge in [0, 0.05) is 13.1 Å². The molecular formula is C10H15N5O3S. The maximum Gasteiger partial charge on any atom is 0.244 e. The second-order valence-corrected chi connectivity index (χ2v) is 5.55. The smallest absolute Gasteiger partial charge is 0.244 e. The lowest BCUT2D eigenvalue weighted by Crippen LogP contribution is -2.34. The highest BCUT2D eigenvalue weighted by Crippen LogP contribution is 2.15. The topological polar surface area (TPSA) is 128 Å². The van der Waals surface area contributed by atoms with E-state index in [9.17, 15) is 13.2 Å². The maximum atomic E-state index is 12.0. The van der Waals surface area contributed by atoms with Crippen LogP contribution in [-0.4, -0.2) is 37.6 Å². The van der Waals surface area contributed by atoms with E-state index in [-0.39, 0.29) is 24.4 Å². The molecule has 104 valence electrons. The highest BCUT2D eigenvalue weighted by molar-refractivity contribution is 7.89. The average Bonchev–Trinajstić information content (AvgIpc) is 2.65. The molecule has 8 nitrogen and oxygen atoms in total. The van der Waals surface area contributed by atoms with Crippen molar-refractivity contribution < 1.29 is 13.2 Å². The molecule has 1 heterocycles. The van der Waals surface area contributed by atoms with Crippen LogP contribution in [0.25, 0.3) is 0 Å². The molecule has 9 heteroatoms. The Labute approximate surface area is 111 Å². The summed E-state index contributed by atoms with van der Waals surface area (Å²) in [5, 5.41) is 17.1. The normalized spacial score (nSPS) is 11.0. The molecule has 19 heavy (non-hydrogen) atoms. The van der Waals surface area contributed by atoms with Crippen molar-refractivity contribution >= 4 is 15.9 Å². The van der Waals surface area contributed by atoms with Gasteiger partial charge in [-0.15, -0.1) is 0 Å². The zero-order valence-corrected chi connectivity index (χ0v) is 11.5. The predicted octanol–water partition coefficient (Wildman–Crippen LogP) is -0.665. The summed E-state index contributed by atoms with van der Waals surface area (Å²) in [7, 11) is -3.65. The van der Waals surface area contributed by atoms with E-state index in [1.165, 1.54) is 0 Å². The van der Waals surface area contributed by atoms with Crippen LogP contribution >= 0.6 is 0 Å². The minimum Gasteiger partial charge on any atom is -0.354 e. The quantitative estimate of drug-likeness (QED) is 0.597. The highest BCUT2D eigenvalue weighted by atomic mass is 32.2. The van der Waals surface area contributed by atoms with Gasteiger partial charge in [0.25, 0.3) is 0 Å². The molecule has 0 unspecified atom stereocenters. The summed E-state index contributed by atoms with van der Waals surface area (Å²) in [5.41, 5.74) is 0.844. The van der Waals surface area contributed by atoms with E-state index in [4.69, 9.17) is 5.26 Å². The van der Waals surface area contributed by atoms with Crippen molar-refractivity contribution in [3.05, 3.63) is 11.4 Å². The molecule has 0 fully saturated rings. The first-order valence-electron chi connectivity index (χ1n) is 5.53. The van der Waals surface area contributed by atoms with E-state index >= 15 is 0 Å². The number of aromatic amines is 1. The number of nitrogens with zero attached hydrogens (tertiary/aromatic N) is 2. The van der Waals surface area contributed by atoms with E-state index in [0.717, 1.165) is 0 Å². The molecule has 1 aromatic heterocycles. The number of rotatable bonds is 6. The third kappa shape index (κ3) is 4.04. The molecule has 0 radical (unpaired) electrons. The summed E-state index contributed by atoms with van der Waals surface area (Å²) >= 11 is 0. The zero-order valence-electron chi connectivity index (χ0n) is 10.6. The number of hydrogen-bond donors (Lipinski definition) is 3. The fourth-order valence-electron chi connectivity index (χ4n) is 1.53. The van der Waals surface area contributed by atoms with Gasteiger partial charge in [-0.05, 0) is 13.8 Å². The number of aromatic nitrogens is 2. The number of H-pyrrole nitrogens is 1.